The molecule has 0 bridgehead atoms. The number of halogens is 5. The number of nitrogens with zero attached hydrogens (tertiary/aromatic N) is 6. The van der Waals surface area contributed by atoms with Gasteiger partial charge in [0.25, 0.3) is 0 Å². The minimum atomic E-state index is -1.34. The number of alkyl halides is 1. The Kier molecular flexibility index (Phi) is 19.5. The fourth-order valence-corrected chi connectivity index (χ4v) is 7.79. The summed E-state index contributed by atoms with van der Waals surface area (Å²) in [6, 6.07) is 70.0. The zero-order chi connectivity index (χ0) is 48.4. The smallest absolute Gasteiger partial charge is 0.423 e. The van der Waals surface area contributed by atoms with Gasteiger partial charge in [-0.15, -0.1) is 0 Å². The van der Waals surface area contributed by atoms with Crippen molar-refractivity contribution in [1.29, 1.82) is 0 Å². The van der Waals surface area contributed by atoms with Crippen LogP contribution in [0.5, 0.6) is 0 Å². The molecular weight excluding hydrogens is 1190 g/mol. The van der Waals surface area contributed by atoms with E-state index >= 15 is 0 Å². The van der Waals surface area contributed by atoms with Gasteiger partial charge in [0, 0.05) is 47.9 Å². The second-order valence-corrected chi connectivity index (χ2v) is 22.8. The Bertz CT molecular complexity index is 3040. The van der Waals surface area contributed by atoms with Crippen LogP contribution >= 0.6 is 57.7 Å². The zero-order valence-corrected chi connectivity index (χ0v) is 44.2. The van der Waals surface area contributed by atoms with Crippen LogP contribution in [-0.4, -0.2) is 52.0 Å². The van der Waals surface area contributed by atoms with Gasteiger partial charge in [0.1, 0.15) is 0 Å². The van der Waals surface area contributed by atoms with Crippen LogP contribution in [0, 0.1) is 0 Å². The largest absolute Gasteiger partial charge is 0.488 e. The Morgan fingerprint density at radius 3 is 0.942 bits per heavy atom. The average Bonchev–Trinajstić information content (AvgIpc) is 3.40. The van der Waals surface area contributed by atoms with E-state index in [1.165, 1.54) is 0 Å². The van der Waals surface area contributed by atoms with Gasteiger partial charge in [0.15, 0.2) is 34.9 Å². The van der Waals surface area contributed by atoms with Crippen LogP contribution in [0.4, 0.5) is 0 Å². The molecule has 0 aliphatic carbocycles. The van der Waals surface area contributed by atoms with Crippen molar-refractivity contribution in [1.82, 2.24) is 29.9 Å². The SMILES string of the molecule is C[I-]I.Clc1cc(-c2ccccc2)cc(-c2nc(-c3ccccc3)nc(-c3ccccc3)n2)c1.Clc1cc(Br)cc(-c2nc(-c3ccccc3)nc(-c3ccccc3)n2)c1.OB(O)c1ccccc1. The van der Waals surface area contributed by atoms with E-state index in [4.69, 9.17) is 48.2 Å². The third kappa shape index (κ3) is 15.1. The van der Waals surface area contributed by atoms with Gasteiger partial charge in [-0.2, -0.15) is 0 Å². The Hall–Kier alpha value is -5.72. The first-order chi connectivity index (χ1) is 33.7. The Labute approximate surface area is 440 Å². The molecule has 10 aromatic rings. The number of rotatable bonds is 8. The molecular formula is C55H41BBrCl2I2N6O2-. The molecule has 0 saturated heterocycles. The van der Waals surface area contributed by atoms with E-state index in [1.54, 1.807) is 24.3 Å². The van der Waals surface area contributed by atoms with Gasteiger partial charge in [-0.25, -0.2) is 29.9 Å². The number of aromatic nitrogens is 6. The summed E-state index contributed by atoms with van der Waals surface area (Å²) in [6.07, 6.45) is 0. The summed E-state index contributed by atoms with van der Waals surface area (Å²) in [5.41, 5.74) is 8.07. The standard InChI is InChI=1S/C27H18ClN3.C21H13BrClN3.C6H7BO2.CH3I2/c28-24-17-22(19-10-4-1-5-11-19)16-23(18-24)27-30-25(20-12-6-2-7-13-20)29-26(31-27)21-14-8-3-9-15-21;22-17-11-16(12-18(23)13-17)21-25-19(14-7-3-1-4-8-14)24-20(26-21)15-9-5-2-6-10-15;8-7(9)6-4-2-1-3-5-6;1-3-2/h1-18H;1-13H;1-5,8-9H;1H3/q;;;-1. The van der Waals surface area contributed by atoms with Crippen molar-refractivity contribution in [2.24, 2.45) is 0 Å². The Morgan fingerprint density at radius 1 is 0.377 bits per heavy atom. The maximum absolute atomic E-state index is 8.58. The third-order valence-electron chi connectivity index (χ3n) is 9.88. The topological polar surface area (TPSA) is 118 Å². The first-order valence-corrected chi connectivity index (χ1v) is 31.2. The number of hydrogen-bond donors (Lipinski definition) is 2. The molecule has 342 valence electrons. The van der Waals surface area contributed by atoms with Crippen LogP contribution in [0.15, 0.2) is 223 Å². The van der Waals surface area contributed by atoms with Crippen molar-refractivity contribution >= 4 is 70.3 Å². The summed E-state index contributed by atoms with van der Waals surface area (Å²) in [7, 11) is -1.34. The van der Waals surface area contributed by atoms with E-state index in [-0.39, 0.29) is 0 Å². The van der Waals surface area contributed by atoms with E-state index in [9.17, 15) is 0 Å². The van der Waals surface area contributed by atoms with Crippen LogP contribution in [0.2, 0.25) is 10.0 Å². The van der Waals surface area contributed by atoms with E-state index in [0.717, 1.165) is 49.0 Å². The molecule has 2 aromatic heterocycles. The van der Waals surface area contributed by atoms with Crippen molar-refractivity contribution in [2.45, 2.75) is 0 Å². The molecule has 0 aliphatic rings. The Morgan fingerprint density at radius 2 is 0.638 bits per heavy atom. The average molecular weight is 1230 g/mol. The molecule has 0 saturated carbocycles. The molecule has 8 aromatic carbocycles. The summed E-state index contributed by atoms with van der Waals surface area (Å²) in [5.74, 6) is 3.70. The van der Waals surface area contributed by atoms with Crippen LogP contribution in [-0.2, 0) is 0 Å². The first-order valence-electron chi connectivity index (χ1n) is 21.3. The third-order valence-corrected chi connectivity index (χ3v) is 10.8. The van der Waals surface area contributed by atoms with Crippen molar-refractivity contribution in [3.8, 4) is 79.5 Å². The summed E-state index contributed by atoms with van der Waals surface area (Å²) >= 11 is 19.1. The second kappa shape index (κ2) is 26.3. The molecule has 8 nitrogen and oxygen atoms in total. The fraction of sp³-hybridized carbons (Fsp3) is 0.0182. The molecule has 0 radical (unpaired) electrons. The molecule has 0 spiro atoms. The first kappa shape index (κ1) is 51.1. The van der Waals surface area contributed by atoms with E-state index in [1.807, 2.05) is 176 Å². The van der Waals surface area contributed by atoms with Gasteiger partial charge in [-0.05, 0) is 53.0 Å². The number of benzene rings is 8. The van der Waals surface area contributed by atoms with Gasteiger partial charge in [0.05, 0.1) is 0 Å². The van der Waals surface area contributed by atoms with Crippen LogP contribution in [0.25, 0.3) is 79.5 Å². The van der Waals surface area contributed by atoms with Crippen molar-refractivity contribution in [3.05, 3.63) is 233 Å². The summed E-state index contributed by atoms with van der Waals surface area (Å²) in [5, 5.41) is 18.4. The van der Waals surface area contributed by atoms with Gasteiger partial charge < -0.3 is 10.0 Å². The molecule has 2 heterocycles. The minimum Gasteiger partial charge on any atom is -0.423 e. The van der Waals surface area contributed by atoms with E-state index in [0.29, 0.717) is 67.7 Å². The maximum Gasteiger partial charge on any atom is 0.488 e. The van der Waals surface area contributed by atoms with Crippen molar-refractivity contribution < 1.29 is 27.3 Å². The molecule has 14 heteroatoms. The van der Waals surface area contributed by atoms with Crippen LogP contribution in [0.3, 0.4) is 0 Å². The molecule has 0 amide bonds. The fourth-order valence-electron chi connectivity index (χ4n) is 6.70. The molecule has 0 aliphatic heterocycles. The van der Waals surface area contributed by atoms with E-state index in [2.05, 4.69) is 72.6 Å². The molecule has 0 unspecified atom stereocenters. The molecule has 0 atom stereocenters. The van der Waals surface area contributed by atoms with Crippen LogP contribution in [0.1, 0.15) is 0 Å². The quantitative estimate of drug-likeness (QED) is 0.0878. The predicted octanol–water partition coefficient (Wildman–Crippen LogP) is 10.9. The van der Waals surface area contributed by atoms with Crippen LogP contribution < -0.4 is 22.7 Å². The van der Waals surface area contributed by atoms with E-state index < -0.39 is 7.12 Å². The summed E-state index contributed by atoms with van der Waals surface area (Å²) in [4.78, 5) is 30.6. The monoisotopic (exact) mass is 1230 g/mol. The second-order valence-electron chi connectivity index (χ2n) is 14.8. The zero-order valence-electron chi connectivity index (χ0n) is 36.8. The predicted molar refractivity (Wildman–Crippen MR) is 292 cm³/mol. The van der Waals surface area contributed by atoms with Gasteiger partial charge in [-0.1, -0.05) is 221 Å². The van der Waals surface area contributed by atoms with Gasteiger partial charge >= 0.3 is 47.9 Å². The minimum absolute atomic E-state index is 0.525. The normalized spacial score (nSPS) is 10.4. The van der Waals surface area contributed by atoms with Crippen molar-refractivity contribution in [2.75, 3.05) is 4.93 Å². The van der Waals surface area contributed by atoms with Gasteiger partial charge in [0.2, 0.25) is 0 Å². The molecule has 2 N–H and O–H groups in total. The van der Waals surface area contributed by atoms with Crippen molar-refractivity contribution in [3.63, 3.8) is 0 Å². The molecule has 10 rings (SSSR count). The van der Waals surface area contributed by atoms with Gasteiger partial charge in [-0.3, -0.25) is 0 Å². The summed E-state index contributed by atoms with van der Waals surface area (Å²) in [6.45, 7) is 0. The Balaban J connectivity index is 0.000000166. The maximum atomic E-state index is 8.58. The number of hydrogen-bond acceptors (Lipinski definition) is 8. The molecule has 0 fully saturated rings. The summed E-state index contributed by atoms with van der Waals surface area (Å²) < 4.78 is 0.878. The molecule has 69 heavy (non-hydrogen) atoms.